The van der Waals surface area contributed by atoms with E-state index in [-0.39, 0.29) is 5.41 Å². The summed E-state index contributed by atoms with van der Waals surface area (Å²) < 4.78 is 1.18. The Morgan fingerprint density at radius 1 is 1.47 bits per heavy atom. The summed E-state index contributed by atoms with van der Waals surface area (Å²) in [6, 6.07) is 8.35. The lowest BCUT2D eigenvalue weighted by molar-refractivity contribution is 0.406. The molecular weight excluding hydrogens is 250 g/mol. The Bertz CT molecular complexity index is 335. The third-order valence-electron chi connectivity index (χ3n) is 2.63. The van der Waals surface area contributed by atoms with Gasteiger partial charge in [0.25, 0.3) is 0 Å². The summed E-state index contributed by atoms with van der Waals surface area (Å²) in [5, 5.41) is 3.21. The minimum atomic E-state index is 0.110. The molecule has 15 heavy (non-hydrogen) atoms. The van der Waals surface area contributed by atoms with Crippen LogP contribution in [0, 0.1) is 5.41 Å². The number of hydrogen-bond donors (Lipinski definition) is 1. The molecule has 0 fully saturated rings. The third-order valence-corrected chi connectivity index (χ3v) is 3.40. The normalized spacial score (nSPS) is 14.6. The van der Waals surface area contributed by atoms with Crippen LogP contribution < -0.4 is 5.32 Å². The highest BCUT2D eigenvalue weighted by Crippen LogP contribution is 2.27. The Morgan fingerprint density at radius 2 is 2.13 bits per heavy atom. The summed E-state index contributed by atoms with van der Waals surface area (Å²) in [5.74, 6) is 0. The fourth-order valence-corrected chi connectivity index (χ4v) is 2.11. The van der Waals surface area contributed by atoms with Gasteiger partial charge < -0.3 is 5.32 Å². The molecule has 0 saturated heterocycles. The standard InChI is InChI=1S/C13H18BrN/c1-4-13(2,10-15-3)9-11-7-5-6-8-12(11)14/h4-8,15H,1,9-10H2,2-3H3. The van der Waals surface area contributed by atoms with E-state index in [9.17, 15) is 0 Å². The smallest absolute Gasteiger partial charge is 0.0207 e. The molecule has 2 heteroatoms. The van der Waals surface area contributed by atoms with Crippen molar-refractivity contribution in [1.82, 2.24) is 5.32 Å². The van der Waals surface area contributed by atoms with Crippen molar-refractivity contribution < 1.29 is 0 Å². The zero-order valence-electron chi connectivity index (χ0n) is 9.39. The van der Waals surface area contributed by atoms with Crippen molar-refractivity contribution in [2.75, 3.05) is 13.6 Å². The van der Waals surface area contributed by atoms with Crippen LogP contribution in [0.4, 0.5) is 0 Å². The summed E-state index contributed by atoms with van der Waals surface area (Å²) in [7, 11) is 1.97. The van der Waals surface area contributed by atoms with Gasteiger partial charge in [0.1, 0.15) is 0 Å². The van der Waals surface area contributed by atoms with Crippen molar-refractivity contribution in [3.05, 3.63) is 47.0 Å². The molecule has 0 aliphatic carbocycles. The van der Waals surface area contributed by atoms with Crippen molar-refractivity contribution in [3.63, 3.8) is 0 Å². The largest absolute Gasteiger partial charge is 0.319 e. The highest BCUT2D eigenvalue weighted by Gasteiger charge is 2.20. The van der Waals surface area contributed by atoms with Crippen molar-refractivity contribution >= 4 is 15.9 Å². The van der Waals surface area contributed by atoms with Gasteiger partial charge in [-0.1, -0.05) is 47.1 Å². The zero-order valence-corrected chi connectivity index (χ0v) is 11.0. The van der Waals surface area contributed by atoms with E-state index in [1.54, 1.807) is 0 Å². The molecule has 1 nitrogen and oxygen atoms in total. The fourth-order valence-electron chi connectivity index (χ4n) is 1.69. The molecule has 0 heterocycles. The van der Waals surface area contributed by atoms with Crippen molar-refractivity contribution in [1.29, 1.82) is 0 Å². The van der Waals surface area contributed by atoms with Crippen LogP contribution in [0.25, 0.3) is 0 Å². The van der Waals surface area contributed by atoms with E-state index in [1.807, 2.05) is 19.2 Å². The number of nitrogens with one attached hydrogen (secondary N) is 1. The van der Waals surface area contributed by atoms with E-state index >= 15 is 0 Å². The first-order valence-corrected chi connectivity index (χ1v) is 5.92. The Kier molecular flexibility index (Phi) is 4.55. The Balaban J connectivity index is 2.83. The van der Waals surface area contributed by atoms with E-state index in [1.165, 1.54) is 10.0 Å². The molecule has 0 radical (unpaired) electrons. The quantitative estimate of drug-likeness (QED) is 0.807. The second kappa shape index (κ2) is 5.47. The van der Waals surface area contributed by atoms with Crippen LogP contribution in [-0.2, 0) is 6.42 Å². The molecule has 0 spiro atoms. The SMILES string of the molecule is C=CC(C)(CNC)Cc1ccccc1Br. The predicted octanol–water partition coefficient (Wildman–Crippen LogP) is 3.40. The summed E-state index contributed by atoms with van der Waals surface area (Å²) in [6.45, 7) is 7.08. The van der Waals surface area contributed by atoms with E-state index in [0.717, 1.165) is 13.0 Å². The number of benzene rings is 1. The lowest BCUT2D eigenvalue weighted by Gasteiger charge is -2.26. The minimum absolute atomic E-state index is 0.110. The fraction of sp³-hybridized carbons (Fsp3) is 0.385. The summed E-state index contributed by atoms with van der Waals surface area (Å²) in [6.07, 6.45) is 3.03. The molecule has 1 aromatic rings. The summed E-state index contributed by atoms with van der Waals surface area (Å²) in [5.41, 5.74) is 1.44. The van der Waals surface area contributed by atoms with Gasteiger partial charge in [-0.25, -0.2) is 0 Å². The van der Waals surface area contributed by atoms with Crippen LogP contribution in [-0.4, -0.2) is 13.6 Å². The maximum Gasteiger partial charge on any atom is 0.0207 e. The molecule has 82 valence electrons. The van der Waals surface area contributed by atoms with Gasteiger partial charge in [-0.05, 0) is 25.1 Å². The molecule has 1 rings (SSSR count). The summed E-state index contributed by atoms with van der Waals surface area (Å²) in [4.78, 5) is 0. The van der Waals surface area contributed by atoms with Gasteiger partial charge in [-0.3, -0.25) is 0 Å². The number of hydrogen-bond acceptors (Lipinski definition) is 1. The van der Waals surface area contributed by atoms with E-state index in [0.29, 0.717) is 0 Å². The lowest BCUT2D eigenvalue weighted by Crippen LogP contribution is -2.29. The lowest BCUT2D eigenvalue weighted by atomic mass is 9.84. The number of halogens is 1. The van der Waals surface area contributed by atoms with E-state index < -0.39 is 0 Å². The van der Waals surface area contributed by atoms with Gasteiger partial charge in [0.05, 0.1) is 0 Å². The maximum absolute atomic E-state index is 3.92. The molecule has 0 amide bonds. The van der Waals surface area contributed by atoms with Crippen LogP contribution >= 0.6 is 15.9 Å². The van der Waals surface area contributed by atoms with Crippen LogP contribution in [0.5, 0.6) is 0 Å². The molecule has 0 aromatic heterocycles. The average Bonchev–Trinajstić information content (AvgIpc) is 2.22. The predicted molar refractivity (Wildman–Crippen MR) is 70.1 cm³/mol. The molecular formula is C13H18BrN. The molecule has 0 saturated carbocycles. The maximum atomic E-state index is 3.92. The first kappa shape index (κ1) is 12.5. The molecule has 1 aromatic carbocycles. The molecule has 1 atom stereocenters. The first-order valence-electron chi connectivity index (χ1n) is 5.13. The van der Waals surface area contributed by atoms with Gasteiger partial charge >= 0.3 is 0 Å². The second-order valence-electron chi connectivity index (χ2n) is 4.16. The summed E-state index contributed by atoms with van der Waals surface area (Å²) >= 11 is 3.57. The molecule has 0 bridgehead atoms. The first-order chi connectivity index (χ1) is 7.11. The van der Waals surface area contributed by atoms with Gasteiger partial charge in [0.2, 0.25) is 0 Å². The van der Waals surface area contributed by atoms with Crippen LogP contribution in [0.15, 0.2) is 41.4 Å². The van der Waals surface area contributed by atoms with Crippen LogP contribution in [0.3, 0.4) is 0 Å². The van der Waals surface area contributed by atoms with E-state index in [2.05, 4.69) is 52.9 Å². The van der Waals surface area contributed by atoms with Gasteiger partial charge in [-0.2, -0.15) is 0 Å². The van der Waals surface area contributed by atoms with Gasteiger partial charge in [0.15, 0.2) is 0 Å². The van der Waals surface area contributed by atoms with Crippen molar-refractivity contribution in [2.45, 2.75) is 13.3 Å². The van der Waals surface area contributed by atoms with Crippen LogP contribution in [0.1, 0.15) is 12.5 Å². The van der Waals surface area contributed by atoms with Gasteiger partial charge in [0, 0.05) is 16.4 Å². The molecule has 0 aliphatic heterocycles. The Morgan fingerprint density at radius 3 is 2.67 bits per heavy atom. The van der Waals surface area contributed by atoms with Crippen LogP contribution in [0.2, 0.25) is 0 Å². The molecule has 1 N–H and O–H groups in total. The third kappa shape index (κ3) is 3.47. The van der Waals surface area contributed by atoms with E-state index in [4.69, 9.17) is 0 Å². The number of rotatable bonds is 5. The monoisotopic (exact) mass is 267 g/mol. The highest BCUT2D eigenvalue weighted by molar-refractivity contribution is 9.10. The zero-order chi connectivity index (χ0) is 11.3. The molecule has 0 aliphatic rings. The Hall–Kier alpha value is -0.600. The highest BCUT2D eigenvalue weighted by atomic mass is 79.9. The van der Waals surface area contributed by atoms with Crippen molar-refractivity contribution in [2.24, 2.45) is 5.41 Å². The molecule has 1 unspecified atom stereocenters. The Labute approximate surface area is 101 Å². The average molecular weight is 268 g/mol. The minimum Gasteiger partial charge on any atom is -0.319 e. The second-order valence-corrected chi connectivity index (χ2v) is 5.01. The van der Waals surface area contributed by atoms with Crippen molar-refractivity contribution in [3.8, 4) is 0 Å². The topological polar surface area (TPSA) is 12.0 Å². The van der Waals surface area contributed by atoms with Gasteiger partial charge in [-0.15, -0.1) is 6.58 Å².